The van der Waals surface area contributed by atoms with E-state index in [0.717, 1.165) is 12.8 Å². The van der Waals surface area contributed by atoms with Gasteiger partial charge in [-0.2, -0.15) is 0 Å². The summed E-state index contributed by atoms with van der Waals surface area (Å²) < 4.78 is 0. The third-order valence-corrected chi connectivity index (χ3v) is 4.68. The fourth-order valence-corrected chi connectivity index (χ4v) is 3.03. The predicted molar refractivity (Wildman–Crippen MR) is 75.1 cm³/mol. The lowest BCUT2D eigenvalue weighted by molar-refractivity contribution is -0.146. The molecule has 0 bridgehead atoms. The van der Waals surface area contributed by atoms with Gasteiger partial charge in [0.1, 0.15) is 0 Å². The molecule has 2 heterocycles. The smallest absolute Gasteiger partial charge is 0.222 e. The number of carbonyl (C=O) groups is 1. The molecule has 1 fully saturated rings. The number of rotatable bonds is 4. The van der Waals surface area contributed by atoms with Crippen molar-refractivity contribution in [3.63, 3.8) is 0 Å². The first-order valence-electron chi connectivity index (χ1n) is 6.69. The standard InChI is InChI=1S/C14H21NO3S/c1-14(18)7-8-15(10-12(14)16)13(17)6-2-4-11-5-3-9-19-11/h3,5,9,12,16,18H,2,4,6-8,10H2,1H3/t12-,14+/m0/s1. The summed E-state index contributed by atoms with van der Waals surface area (Å²) >= 11 is 1.71. The van der Waals surface area contributed by atoms with E-state index in [2.05, 4.69) is 6.07 Å². The largest absolute Gasteiger partial charge is 0.388 e. The Balaban J connectivity index is 1.75. The van der Waals surface area contributed by atoms with E-state index < -0.39 is 11.7 Å². The van der Waals surface area contributed by atoms with Crippen molar-refractivity contribution in [3.8, 4) is 0 Å². The molecular weight excluding hydrogens is 262 g/mol. The highest BCUT2D eigenvalue weighted by molar-refractivity contribution is 7.09. The summed E-state index contributed by atoms with van der Waals surface area (Å²) in [7, 11) is 0. The number of carbonyl (C=O) groups excluding carboxylic acids is 1. The number of thiophene rings is 1. The van der Waals surface area contributed by atoms with Crippen LogP contribution in [0.1, 0.15) is 31.1 Å². The maximum atomic E-state index is 12.0. The molecule has 2 N–H and O–H groups in total. The fourth-order valence-electron chi connectivity index (χ4n) is 2.28. The molecule has 0 spiro atoms. The molecule has 4 nitrogen and oxygen atoms in total. The number of piperidine rings is 1. The molecule has 1 aromatic heterocycles. The number of aliphatic hydroxyl groups excluding tert-OH is 1. The van der Waals surface area contributed by atoms with Crippen LogP contribution in [0.5, 0.6) is 0 Å². The molecule has 106 valence electrons. The van der Waals surface area contributed by atoms with Gasteiger partial charge in [0.2, 0.25) is 5.91 Å². The summed E-state index contributed by atoms with van der Waals surface area (Å²) in [6.07, 6.45) is 1.86. The molecule has 1 aliphatic rings. The number of aliphatic hydroxyl groups is 2. The van der Waals surface area contributed by atoms with Crippen LogP contribution in [0.15, 0.2) is 17.5 Å². The quantitative estimate of drug-likeness (QED) is 0.878. The number of aryl methyl sites for hydroxylation is 1. The van der Waals surface area contributed by atoms with Crippen LogP contribution in [0.25, 0.3) is 0 Å². The van der Waals surface area contributed by atoms with Crippen molar-refractivity contribution in [2.24, 2.45) is 0 Å². The van der Waals surface area contributed by atoms with Crippen LogP contribution in [0.2, 0.25) is 0 Å². The highest BCUT2D eigenvalue weighted by Gasteiger charge is 2.37. The van der Waals surface area contributed by atoms with Gasteiger partial charge in [-0.3, -0.25) is 4.79 Å². The molecule has 1 aromatic rings. The Kier molecular flexibility index (Phi) is 4.60. The molecule has 0 aliphatic carbocycles. The van der Waals surface area contributed by atoms with E-state index >= 15 is 0 Å². The van der Waals surface area contributed by atoms with Gasteiger partial charge in [0.15, 0.2) is 0 Å². The summed E-state index contributed by atoms with van der Waals surface area (Å²) in [4.78, 5) is 15.0. The zero-order chi connectivity index (χ0) is 13.9. The second-order valence-electron chi connectivity index (χ2n) is 5.40. The Bertz CT molecular complexity index is 416. The van der Waals surface area contributed by atoms with Gasteiger partial charge in [0.05, 0.1) is 11.7 Å². The number of amides is 1. The SMILES string of the molecule is C[C@@]1(O)CCN(C(=O)CCCc2cccs2)C[C@@H]1O. The van der Waals surface area contributed by atoms with Gasteiger partial charge in [-0.05, 0) is 37.6 Å². The number of hydrogen-bond donors (Lipinski definition) is 2. The highest BCUT2D eigenvalue weighted by Crippen LogP contribution is 2.22. The van der Waals surface area contributed by atoms with Crippen LogP contribution in [0, 0.1) is 0 Å². The van der Waals surface area contributed by atoms with Crippen molar-refractivity contribution < 1.29 is 15.0 Å². The minimum Gasteiger partial charge on any atom is -0.388 e. The van der Waals surface area contributed by atoms with Gasteiger partial charge in [0, 0.05) is 24.4 Å². The molecule has 5 heteroatoms. The molecule has 19 heavy (non-hydrogen) atoms. The number of hydrogen-bond acceptors (Lipinski definition) is 4. The first-order valence-corrected chi connectivity index (χ1v) is 7.57. The van der Waals surface area contributed by atoms with Crippen LogP contribution in [-0.4, -0.2) is 45.8 Å². The van der Waals surface area contributed by atoms with Crippen LogP contribution < -0.4 is 0 Å². The number of likely N-dealkylation sites (tertiary alicyclic amines) is 1. The summed E-state index contributed by atoms with van der Waals surface area (Å²) in [5.74, 6) is 0.0751. The zero-order valence-electron chi connectivity index (χ0n) is 11.2. The third kappa shape index (κ3) is 3.78. The number of nitrogens with zero attached hydrogens (tertiary/aromatic N) is 1. The van der Waals surface area contributed by atoms with Crippen LogP contribution >= 0.6 is 11.3 Å². The van der Waals surface area contributed by atoms with Crippen molar-refractivity contribution in [1.29, 1.82) is 0 Å². The summed E-state index contributed by atoms with van der Waals surface area (Å²) in [5.41, 5.74) is -1.06. The van der Waals surface area contributed by atoms with Gasteiger partial charge in [-0.15, -0.1) is 11.3 Å². The summed E-state index contributed by atoms with van der Waals surface area (Å²) in [6, 6.07) is 4.10. The molecule has 1 amide bonds. The molecule has 1 aliphatic heterocycles. The van der Waals surface area contributed by atoms with E-state index in [9.17, 15) is 15.0 Å². The highest BCUT2D eigenvalue weighted by atomic mass is 32.1. The Hall–Kier alpha value is -0.910. The average molecular weight is 283 g/mol. The molecule has 0 aromatic carbocycles. The maximum Gasteiger partial charge on any atom is 0.222 e. The molecule has 2 rings (SSSR count). The Morgan fingerprint density at radius 3 is 3.05 bits per heavy atom. The minimum atomic E-state index is -1.06. The molecule has 0 unspecified atom stereocenters. The van der Waals surface area contributed by atoms with Crippen LogP contribution in [0.4, 0.5) is 0 Å². The third-order valence-electron chi connectivity index (χ3n) is 3.75. The first kappa shape index (κ1) is 14.5. The van der Waals surface area contributed by atoms with E-state index in [4.69, 9.17) is 0 Å². The van der Waals surface area contributed by atoms with Crippen molar-refractivity contribution in [1.82, 2.24) is 4.90 Å². The van der Waals surface area contributed by atoms with E-state index in [0.29, 0.717) is 19.4 Å². The fraction of sp³-hybridized carbons (Fsp3) is 0.643. The van der Waals surface area contributed by atoms with Gasteiger partial charge in [0.25, 0.3) is 0 Å². The average Bonchev–Trinajstić information content (AvgIpc) is 2.85. The predicted octanol–water partition coefficient (Wildman–Crippen LogP) is 1.42. The van der Waals surface area contributed by atoms with Crippen molar-refractivity contribution >= 4 is 17.2 Å². The number of β-amino-alcohol motifs (C(OH)–C–C–N with tert-alkyl or cyclic N) is 1. The van der Waals surface area contributed by atoms with Gasteiger partial charge < -0.3 is 15.1 Å². The Labute approximate surface area is 117 Å². The van der Waals surface area contributed by atoms with Crippen molar-refractivity contribution in [3.05, 3.63) is 22.4 Å². The Morgan fingerprint density at radius 2 is 2.42 bits per heavy atom. The lowest BCUT2D eigenvalue weighted by Crippen LogP contribution is -2.55. The van der Waals surface area contributed by atoms with Crippen molar-refractivity contribution in [2.75, 3.05) is 13.1 Å². The second kappa shape index (κ2) is 6.03. The summed E-state index contributed by atoms with van der Waals surface area (Å²) in [5, 5.41) is 21.7. The van der Waals surface area contributed by atoms with Gasteiger partial charge in [-0.1, -0.05) is 6.07 Å². The van der Waals surface area contributed by atoms with Gasteiger partial charge >= 0.3 is 0 Å². The maximum absolute atomic E-state index is 12.0. The van der Waals surface area contributed by atoms with E-state index in [1.165, 1.54) is 4.88 Å². The topological polar surface area (TPSA) is 60.8 Å². The van der Waals surface area contributed by atoms with Crippen molar-refractivity contribution in [2.45, 2.75) is 44.3 Å². The minimum absolute atomic E-state index is 0.0751. The molecular formula is C14H21NO3S. The first-order chi connectivity index (χ1) is 8.99. The van der Waals surface area contributed by atoms with Gasteiger partial charge in [-0.25, -0.2) is 0 Å². The summed E-state index contributed by atoms with van der Waals surface area (Å²) in [6.45, 7) is 2.39. The lowest BCUT2D eigenvalue weighted by Gasteiger charge is -2.40. The van der Waals surface area contributed by atoms with E-state index in [1.54, 1.807) is 23.2 Å². The Morgan fingerprint density at radius 1 is 1.63 bits per heavy atom. The van der Waals surface area contributed by atoms with Crippen LogP contribution in [-0.2, 0) is 11.2 Å². The zero-order valence-corrected chi connectivity index (χ0v) is 12.0. The monoisotopic (exact) mass is 283 g/mol. The molecule has 2 atom stereocenters. The normalized spacial score (nSPS) is 27.5. The molecule has 0 radical (unpaired) electrons. The second-order valence-corrected chi connectivity index (χ2v) is 6.43. The lowest BCUT2D eigenvalue weighted by atomic mass is 9.90. The van der Waals surface area contributed by atoms with E-state index in [-0.39, 0.29) is 12.5 Å². The van der Waals surface area contributed by atoms with E-state index in [1.807, 2.05) is 11.4 Å². The van der Waals surface area contributed by atoms with Crippen LogP contribution in [0.3, 0.4) is 0 Å². The molecule has 0 saturated carbocycles. The molecule has 1 saturated heterocycles.